The normalized spacial score (nSPS) is 10.7. The molecular weight excluding hydrogens is 262 g/mol. The van der Waals surface area contributed by atoms with Crippen molar-refractivity contribution in [2.45, 2.75) is 33.4 Å². The molecule has 0 aliphatic rings. The first-order valence-electron chi connectivity index (χ1n) is 7.31. The zero-order valence-corrected chi connectivity index (χ0v) is 12.9. The van der Waals surface area contributed by atoms with Crippen LogP contribution in [0.25, 0.3) is 0 Å². The quantitative estimate of drug-likeness (QED) is 0.883. The van der Waals surface area contributed by atoms with Gasteiger partial charge in [0, 0.05) is 12.6 Å². The summed E-state index contributed by atoms with van der Waals surface area (Å²) in [4.78, 5) is 6.79. The van der Waals surface area contributed by atoms with Crippen molar-refractivity contribution >= 4 is 11.5 Å². The van der Waals surface area contributed by atoms with Crippen LogP contribution in [0.4, 0.5) is 11.5 Å². The van der Waals surface area contributed by atoms with Gasteiger partial charge in [-0.2, -0.15) is 4.98 Å². The summed E-state index contributed by atoms with van der Waals surface area (Å²) in [6, 6.07) is 14.5. The first-order valence-corrected chi connectivity index (χ1v) is 7.31. The lowest BCUT2D eigenvalue weighted by molar-refractivity contribution is 0.329. The third kappa shape index (κ3) is 3.88. The Morgan fingerprint density at radius 2 is 1.86 bits per heavy atom. The first kappa shape index (κ1) is 15.2. The number of benzene rings is 1. The predicted molar refractivity (Wildman–Crippen MR) is 87.6 cm³/mol. The number of hydrogen-bond acceptors (Lipinski definition) is 4. The maximum Gasteiger partial charge on any atom is 0.239 e. The van der Waals surface area contributed by atoms with E-state index in [-0.39, 0.29) is 0 Å². The van der Waals surface area contributed by atoms with Gasteiger partial charge in [-0.15, -0.1) is 0 Å². The van der Waals surface area contributed by atoms with Gasteiger partial charge in [0.15, 0.2) is 0 Å². The van der Waals surface area contributed by atoms with Crippen LogP contribution in [0, 0.1) is 0 Å². The molecule has 4 heteroatoms. The highest BCUT2D eigenvalue weighted by molar-refractivity contribution is 5.55. The molecule has 1 aromatic carbocycles. The molecule has 0 unspecified atom stereocenters. The number of aromatic nitrogens is 1. The third-order valence-electron chi connectivity index (χ3n) is 3.27. The van der Waals surface area contributed by atoms with Gasteiger partial charge < -0.3 is 15.4 Å². The minimum absolute atomic E-state index is 0.329. The van der Waals surface area contributed by atoms with Gasteiger partial charge in [0.1, 0.15) is 5.82 Å². The van der Waals surface area contributed by atoms with E-state index in [1.807, 2.05) is 25.1 Å². The maximum atomic E-state index is 5.90. The average molecular weight is 285 g/mol. The number of hydrogen-bond donors (Lipinski definition) is 1. The van der Waals surface area contributed by atoms with Crippen molar-refractivity contribution in [3.63, 3.8) is 0 Å². The van der Waals surface area contributed by atoms with Crippen molar-refractivity contribution in [1.82, 2.24) is 4.98 Å². The Balaban J connectivity index is 2.28. The van der Waals surface area contributed by atoms with E-state index in [1.165, 1.54) is 5.56 Å². The summed E-state index contributed by atoms with van der Waals surface area (Å²) < 4.78 is 5.49. The average Bonchev–Trinajstić information content (AvgIpc) is 2.48. The van der Waals surface area contributed by atoms with E-state index in [4.69, 9.17) is 10.5 Å². The smallest absolute Gasteiger partial charge is 0.239 e. The van der Waals surface area contributed by atoms with Gasteiger partial charge in [-0.05, 0) is 38.5 Å². The number of pyridine rings is 1. The highest BCUT2D eigenvalue weighted by Gasteiger charge is 2.14. The zero-order chi connectivity index (χ0) is 15.2. The lowest BCUT2D eigenvalue weighted by Crippen LogP contribution is -2.31. The fourth-order valence-electron chi connectivity index (χ4n) is 2.16. The molecule has 1 heterocycles. The summed E-state index contributed by atoms with van der Waals surface area (Å²) in [6.45, 7) is 7.60. The number of rotatable bonds is 6. The highest BCUT2D eigenvalue weighted by Crippen LogP contribution is 2.25. The Labute approximate surface area is 126 Å². The van der Waals surface area contributed by atoms with Crippen LogP contribution in [0.15, 0.2) is 42.5 Å². The molecule has 0 spiro atoms. The number of nitrogens with two attached hydrogens (primary N) is 1. The van der Waals surface area contributed by atoms with E-state index < -0.39 is 0 Å². The summed E-state index contributed by atoms with van der Waals surface area (Å²) in [5.41, 5.74) is 7.72. The molecule has 0 saturated carbocycles. The Bertz CT molecular complexity index is 570. The van der Waals surface area contributed by atoms with E-state index in [9.17, 15) is 0 Å². The number of ether oxygens (including phenoxy) is 1. The highest BCUT2D eigenvalue weighted by atomic mass is 16.5. The van der Waals surface area contributed by atoms with Gasteiger partial charge in [-0.1, -0.05) is 30.3 Å². The fraction of sp³-hybridized carbons (Fsp3) is 0.353. The third-order valence-corrected chi connectivity index (χ3v) is 3.27. The Kier molecular flexibility index (Phi) is 5.04. The molecular formula is C17H23N3O. The molecule has 0 atom stereocenters. The van der Waals surface area contributed by atoms with E-state index in [2.05, 4.69) is 48.0 Å². The van der Waals surface area contributed by atoms with Crippen molar-refractivity contribution < 1.29 is 4.74 Å². The summed E-state index contributed by atoms with van der Waals surface area (Å²) in [6.07, 6.45) is 0. The lowest BCUT2D eigenvalue weighted by Gasteiger charge is -2.28. The molecule has 0 fully saturated rings. The molecule has 2 aromatic rings. The standard InChI is InChI=1S/C17H23N3O/c1-4-21-17-15(18)10-11-16(19-17)20(13(2)3)12-14-8-6-5-7-9-14/h5-11,13H,4,12,18H2,1-3H3. The van der Waals surface area contributed by atoms with Gasteiger partial charge in [0.05, 0.1) is 12.3 Å². The molecule has 0 aliphatic carbocycles. The molecule has 0 amide bonds. The second-order valence-corrected chi connectivity index (χ2v) is 5.20. The Morgan fingerprint density at radius 1 is 1.14 bits per heavy atom. The van der Waals surface area contributed by atoms with Crippen LogP contribution in [0.3, 0.4) is 0 Å². The van der Waals surface area contributed by atoms with E-state index >= 15 is 0 Å². The van der Waals surface area contributed by atoms with Crippen molar-refractivity contribution in [2.75, 3.05) is 17.2 Å². The van der Waals surface area contributed by atoms with Crippen molar-refractivity contribution in [3.05, 3.63) is 48.0 Å². The van der Waals surface area contributed by atoms with Crippen LogP contribution < -0.4 is 15.4 Å². The molecule has 4 nitrogen and oxygen atoms in total. The number of nitrogens with zero attached hydrogens (tertiary/aromatic N) is 2. The van der Waals surface area contributed by atoms with Crippen molar-refractivity contribution in [1.29, 1.82) is 0 Å². The minimum atomic E-state index is 0.329. The summed E-state index contributed by atoms with van der Waals surface area (Å²) in [5, 5.41) is 0. The molecule has 0 saturated heterocycles. The van der Waals surface area contributed by atoms with Crippen LogP contribution in [0.2, 0.25) is 0 Å². The second kappa shape index (κ2) is 6.97. The van der Waals surface area contributed by atoms with Gasteiger partial charge >= 0.3 is 0 Å². The molecule has 0 aliphatic heterocycles. The van der Waals surface area contributed by atoms with Crippen LogP contribution in [0.1, 0.15) is 26.3 Å². The molecule has 0 radical (unpaired) electrons. The molecule has 0 bridgehead atoms. The minimum Gasteiger partial charge on any atom is -0.476 e. The molecule has 2 N–H and O–H groups in total. The topological polar surface area (TPSA) is 51.4 Å². The molecule has 2 rings (SSSR count). The van der Waals surface area contributed by atoms with Crippen LogP contribution in [0.5, 0.6) is 5.88 Å². The van der Waals surface area contributed by atoms with Crippen LogP contribution in [-0.4, -0.2) is 17.6 Å². The summed E-state index contributed by atoms with van der Waals surface area (Å²) in [7, 11) is 0. The summed E-state index contributed by atoms with van der Waals surface area (Å²) >= 11 is 0. The van der Waals surface area contributed by atoms with Crippen molar-refractivity contribution in [3.8, 4) is 5.88 Å². The van der Waals surface area contributed by atoms with E-state index in [1.54, 1.807) is 0 Å². The number of anilines is 2. The van der Waals surface area contributed by atoms with E-state index in [0.717, 1.165) is 12.4 Å². The Hall–Kier alpha value is -2.23. The van der Waals surface area contributed by atoms with Gasteiger partial charge in [0.2, 0.25) is 5.88 Å². The van der Waals surface area contributed by atoms with Gasteiger partial charge in [-0.25, -0.2) is 0 Å². The first-order chi connectivity index (χ1) is 10.1. The summed E-state index contributed by atoms with van der Waals surface area (Å²) in [5.74, 6) is 1.39. The monoisotopic (exact) mass is 285 g/mol. The van der Waals surface area contributed by atoms with Gasteiger partial charge in [-0.3, -0.25) is 0 Å². The molecule has 21 heavy (non-hydrogen) atoms. The molecule has 1 aromatic heterocycles. The number of nitrogen functional groups attached to an aromatic ring is 1. The van der Waals surface area contributed by atoms with E-state index in [0.29, 0.717) is 24.2 Å². The van der Waals surface area contributed by atoms with Crippen LogP contribution >= 0.6 is 0 Å². The predicted octanol–water partition coefficient (Wildman–Crippen LogP) is 3.48. The SMILES string of the molecule is CCOc1nc(N(Cc2ccccc2)C(C)C)ccc1N. The molecule has 112 valence electrons. The zero-order valence-electron chi connectivity index (χ0n) is 12.9. The maximum absolute atomic E-state index is 5.90. The second-order valence-electron chi connectivity index (χ2n) is 5.20. The Morgan fingerprint density at radius 3 is 2.48 bits per heavy atom. The largest absolute Gasteiger partial charge is 0.476 e. The van der Waals surface area contributed by atoms with Crippen molar-refractivity contribution in [2.24, 2.45) is 0 Å². The van der Waals surface area contributed by atoms with Gasteiger partial charge in [0.25, 0.3) is 0 Å². The van der Waals surface area contributed by atoms with Crippen LogP contribution in [-0.2, 0) is 6.54 Å². The fourth-order valence-corrected chi connectivity index (χ4v) is 2.16. The lowest BCUT2D eigenvalue weighted by atomic mass is 10.2.